The number of aryl methyl sites for hydroxylation is 1. The van der Waals surface area contributed by atoms with Crippen LogP contribution in [0.25, 0.3) is 0 Å². The Balaban J connectivity index is 1.70. The maximum absolute atomic E-state index is 3.59. The van der Waals surface area contributed by atoms with Crippen LogP contribution in [-0.4, -0.2) is 25.7 Å². The lowest BCUT2D eigenvalue weighted by Crippen LogP contribution is -2.32. The first-order chi connectivity index (χ1) is 6.86. The molecule has 0 amide bonds. The van der Waals surface area contributed by atoms with Gasteiger partial charge >= 0.3 is 0 Å². The van der Waals surface area contributed by atoms with Crippen LogP contribution >= 0.6 is 11.3 Å². The molecule has 1 saturated heterocycles. The highest BCUT2D eigenvalue weighted by Crippen LogP contribution is 2.15. The van der Waals surface area contributed by atoms with Crippen LogP contribution in [0.5, 0.6) is 0 Å². The number of rotatable bonds is 4. The fourth-order valence-corrected chi connectivity index (χ4v) is 2.79. The van der Waals surface area contributed by atoms with Crippen LogP contribution in [0.1, 0.15) is 16.9 Å². The van der Waals surface area contributed by atoms with Gasteiger partial charge < -0.3 is 10.6 Å². The Kier molecular flexibility index (Phi) is 3.56. The Hall–Kier alpha value is -0.380. The molecule has 1 unspecified atom stereocenters. The molecule has 2 rings (SSSR count). The van der Waals surface area contributed by atoms with Crippen LogP contribution in [0.15, 0.2) is 11.4 Å². The van der Waals surface area contributed by atoms with Gasteiger partial charge in [-0.05, 0) is 43.3 Å². The highest BCUT2D eigenvalue weighted by molar-refractivity contribution is 7.10. The van der Waals surface area contributed by atoms with Crippen LogP contribution in [0.3, 0.4) is 0 Å². The van der Waals surface area contributed by atoms with Gasteiger partial charge in [0.05, 0.1) is 0 Å². The van der Waals surface area contributed by atoms with E-state index in [-0.39, 0.29) is 0 Å². The Morgan fingerprint density at radius 3 is 3.21 bits per heavy atom. The molecule has 1 fully saturated rings. The summed E-state index contributed by atoms with van der Waals surface area (Å²) in [6, 6.07) is 2.91. The van der Waals surface area contributed by atoms with Gasteiger partial charge in [-0.2, -0.15) is 0 Å². The number of hydrogen-bond donors (Lipinski definition) is 2. The molecular formula is C11H18N2S. The van der Waals surface area contributed by atoms with Gasteiger partial charge in [-0.3, -0.25) is 0 Å². The van der Waals surface area contributed by atoms with E-state index in [0.717, 1.165) is 13.1 Å². The molecule has 0 aliphatic carbocycles. The van der Waals surface area contributed by atoms with Gasteiger partial charge in [-0.1, -0.05) is 0 Å². The Labute approximate surface area is 89.7 Å². The summed E-state index contributed by atoms with van der Waals surface area (Å²) in [5.74, 6) is 0. The topological polar surface area (TPSA) is 24.1 Å². The monoisotopic (exact) mass is 210 g/mol. The third-order valence-electron chi connectivity index (χ3n) is 2.81. The third kappa shape index (κ3) is 2.56. The summed E-state index contributed by atoms with van der Waals surface area (Å²) in [4.78, 5) is 1.53. The van der Waals surface area contributed by atoms with Gasteiger partial charge in [0.25, 0.3) is 0 Å². The summed E-state index contributed by atoms with van der Waals surface area (Å²) in [7, 11) is 0. The summed E-state index contributed by atoms with van der Waals surface area (Å²) in [5.41, 5.74) is 1.45. The quantitative estimate of drug-likeness (QED) is 0.788. The number of nitrogens with one attached hydrogen (secondary N) is 2. The molecule has 0 saturated carbocycles. The van der Waals surface area contributed by atoms with Crippen molar-refractivity contribution in [3.8, 4) is 0 Å². The van der Waals surface area contributed by atoms with E-state index in [1.807, 2.05) is 11.3 Å². The van der Waals surface area contributed by atoms with Gasteiger partial charge in [0.1, 0.15) is 0 Å². The second-order valence-electron chi connectivity index (χ2n) is 3.92. The molecule has 78 valence electrons. The third-order valence-corrected chi connectivity index (χ3v) is 3.90. The average molecular weight is 210 g/mol. The number of hydrogen-bond acceptors (Lipinski definition) is 3. The van der Waals surface area contributed by atoms with E-state index in [4.69, 9.17) is 0 Å². The number of thiophene rings is 1. The van der Waals surface area contributed by atoms with Gasteiger partial charge in [0, 0.05) is 24.0 Å². The molecule has 0 bridgehead atoms. The van der Waals surface area contributed by atoms with Crippen molar-refractivity contribution < 1.29 is 0 Å². The minimum atomic E-state index is 0.704. The fraction of sp³-hybridized carbons (Fsp3) is 0.636. The van der Waals surface area contributed by atoms with Crippen molar-refractivity contribution in [1.82, 2.24) is 10.6 Å². The van der Waals surface area contributed by atoms with E-state index >= 15 is 0 Å². The lowest BCUT2D eigenvalue weighted by molar-refractivity contribution is 0.551. The van der Waals surface area contributed by atoms with Gasteiger partial charge in [0.2, 0.25) is 0 Å². The zero-order valence-corrected chi connectivity index (χ0v) is 9.49. The van der Waals surface area contributed by atoms with Crippen molar-refractivity contribution >= 4 is 11.3 Å². The second-order valence-corrected chi connectivity index (χ2v) is 4.92. The fourth-order valence-electron chi connectivity index (χ4n) is 1.88. The summed E-state index contributed by atoms with van der Waals surface area (Å²) < 4.78 is 0. The first-order valence-corrected chi connectivity index (χ1v) is 6.21. The molecule has 14 heavy (non-hydrogen) atoms. The first kappa shape index (κ1) is 10.1. The molecule has 2 N–H and O–H groups in total. The minimum absolute atomic E-state index is 0.704. The Bertz CT molecular complexity index is 277. The molecule has 0 radical (unpaired) electrons. The van der Waals surface area contributed by atoms with Crippen molar-refractivity contribution in [2.45, 2.75) is 25.8 Å². The molecule has 3 heteroatoms. The van der Waals surface area contributed by atoms with E-state index in [1.54, 1.807) is 0 Å². The van der Waals surface area contributed by atoms with Crippen LogP contribution in [0.4, 0.5) is 0 Å². The SMILES string of the molecule is Cc1ccsc1CCNC1CCNC1. The normalized spacial score (nSPS) is 21.6. The molecule has 1 aliphatic heterocycles. The Morgan fingerprint density at radius 2 is 2.57 bits per heavy atom. The van der Waals surface area contributed by atoms with Crippen molar-refractivity contribution in [3.63, 3.8) is 0 Å². The molecule has 2 nitrogen and oxygen atoms in total. The molecule has 0 spiro atoms. The van der Waals surface area contributed by atoms with E-state index in [0.29, 0.717) is 6.04 Å². The minimum Gasteiger partial charge on any atom is -0.315 e. The zero-order valence-electron chi connectivity index (χ0n) is 8.68. The van der Waals surface area contributed by atoms with Crippen molar-refractivity contribution in [3.05, 3.63) is 21.9 Å². The predicted molar refractivity (Wildman–Crippen MR) is 62.0 cm³/mol. The molecule has 1 aromatic heterocycles. The summed E-state index contributed by atoms with van der Waals surface area (Å²) >= 11 is 1.88. The standard InChI is InChI=1S/C11H18N2S/c1-9-4-7-14-11(9)3-6-13-10-2-5-12-8-10/h4,7,10,12-13H,2-3,5-6,8H2,1H3. The maximum Gasteiger partial charge on any atom is 0.0204 e. The summed E-state index contributed by atoms with van der Waals surface area (Å²) in [6.45, 7) is 5.63. The maximum atomic E-state index is 3.59. The van der Waals surface area contributed by atoms with E-state index in [2.05, 4.69) is 29.0 Å². The average Bonchev–Trinajstić information content (AvgIpc) is 2.78. The Morgan fingerprint density at radius 1 is 1.64 bits per heavy atom. The molecule has 2 heterocycles. The first-order valence-electron chi connectivity index (χ1n) is 5.33. The highest BCUT2D eigenvalue weighted by Gasteiger charge is 2.12. The van der Waals surface area contributed by atoms with Gasteiger partial charge in [-0.15, -0.1) is 11.3 Å². The van der Waals surface area contributed by atoms with E-state index < -0.39 is 0 Å². The highest BCUT2D eigenvalue weighted by atomic mass is 32.1. The van der Waals surface area contributed by atoms with Gasteiger partial charge in [0.15, 0.2) is 0 Å². The summed E-state index contributed by atoms with van der Waals surface area (Å²) in [6.07, 6.45) is 2.46. The predicted octanol–water partition coefficient (Wildman–Crippen LogP) is 1.55. The molecule has 1 atom stereocenters. The largest absolute Gasteiger partial charge is 0.315 e. The smallest absolute Gasteiger partial charge is 0.0204 e. The van der Waals surface area contributed by atoms with Crippen LogP contribution in [-0.2, 0) is 6.42 Å². The van der Waals surface area contributed by atoms with Gasteiger partial charge in [-0.25, -0.2) is 0 Å². The molecule has 1 aromatic rings. The molecular weight excluding hydrogens is 192 g/mol. The second kappa shape index (κ2) is 4.91. The van der Waals surface area contributed by atoms with Crippen molar-refractivity contribution in [2.75, 3.05) is 19.6 Å². The molecule has 1 aliphatic rings. The van der Waals surface area contributed by atoms with Crippen LogP contribution in [0.2, 0.25) is 0 Å². The zero-order chi connectivity index (χ0) is 9.80. The summed E-state index contributed by atoms with van der Waals surface area (Å²) in [5, 5.41) is 9.14. The van der Waals surface area contributed by atoms with E-state index in [9.17, 15) is 0 Å². The lowest BCUT2D eigenvalue weighted by Gasteiger charge is -2.10. The van der Waals surface area contributed by atoms with Crippen LogP contribution in [0, 0.1) is 6.92 Å². The van der Waals surface area contributed by atoms with Crippen molar-refractivity contribution in [1.29, 1.82) is 0 Å². The lowest BCUT2D eigenvalue weighted by atomic mass is 10.2. The molecule has 0 aromatic carbocycles. The van der Waals surface area contributed by atoms with E-state index in [1.165, 1.54) is 29.8 Å². The van der Waals surface area contributed by atoms with Crippen molar-refractivity contribution in [2.24, 2.45) is 0 Å². The van der Waals surface area contributed by atoms with Crippen LogP contribution < -0.4 is 10.6 Å².